The Balaban J connectivity index is 2.99. The van der Waals surface area contributed by atoms with E-state index >= 15 is 0 Å². The maximum atomic E-state index is 5.71. The molecule has 0 heterocycles. The molecule has 1 rings (SSSR count). The maximum absolute atomic E-state index is 5.71. The molecule has 0 aliphatic rings. The molecule has 11 heavy (non-hydrogen) atoms. The van der Waals surface area contributed by atoms with Gasteiger partial charge in [-0.15, -0.1) is 0 Å². The molecular formula is C8H5Br2Cl. The predicted octanol–water partition coefficient (Wildman–Crippen LogP) is 4.43. The second kappa shape index (κ2) is 4.29. The standard InChI is InChI=1S/C8H5Br2Cl/c9-5-8(10)6-1-3-7(11)4-2-6/h1-5H/b8-5-. The second-order valence-electron chi connectivity index (χ2n) is 1.96. The van der Waals surface area contributed by atoms with E-state index in [1.165, 1.54) is 0 Å². The SMILES string of the molecule is Clc1ccc(/C(Br)=C/Br)cc1. The lowest BCUT2D eigenvalue weighted by molar-refractivity contribution is 1.66. The zero-order chi connectivity index (χ0) is 8.27. The lowest BCUT2D eigenvalue weighted by Crippen LogP contribution is -1.73. The summed E-state index contributed by atoms with van der Waals surface area (Å²) in [5.74, 6) is 0. The van der Waals surface area contributed by atoms with Gasteiger partial charge in [0.15, 0.2) is 0 Å². The van der Waals surface area contributed by atoms with Gasteiger partial charge in [0.05, 0.1) is 0 Å². The fourth-order valence-corrected chi connectivity index (χ4v) is 1.33. The summed E-state index contributed by atoms with van der Waals surface area (Å²) >= 11 is 12.3. The highest BCUT2D eigenvalue weighted by Crippen LogP contribution is 2.23. The predicted molar refractivity (Wildman–Crippen MR) is 57.3 cm³/mol. The third-order valence-corrected chi connectivity index (χ3v) is 3.23. The van der Waals surface area contributed by atoms with Crippen molar-refractivity contribution in [1.82, 2.24) is 0 Å². The number of benzene rings is 1. The Kier molecular flexibility index (Phi) is 3.63. The van der Waals surface area contributed by atoms with Crippen molar-refractivity contribution in [3.8, 4) is 0 Å². The summed E-state index contributed by atoms with van der Waals surface area (Å²) in [4.78, 5) is 1.82. The molecule has 0 radical (unpaired) electrons. The van der Waals surface area contributed by atoms with Gasteiger partial charge in [-0.25, -0.2) is 0 Å². The summed E-state index contributed by atoms with van der Waals surface area (Å²) in [5, 5.41) is 0.753. The topological polar surface area (TPSA) is 0 Å². The van der Waals surface area contributed by atoms with Gasteiger partial charge < -0.3 is 0 Å². The Hall–Kier alpha value is 0.210. The summed E-state index contributed by atoms with van der Waals surface area (Å²) in [5.41, 5.74) is 1.10. The van der Waals surface area contributed by atoms with Crippen LogP contribution in [0.5, 0.6) is 0 Å². The van der Waals surface area contributed by atoms with Gasteiger partial charge in [-0.3, -0.25) is 0 Å². The fraction of sp³-hybridized carbons (Fsp3) is 0. The zero-order valence-corrected chi connectivity index (χ0v) is 9.45. The Morgan fingerprint density at radius 2 is 1.82 bits per heavy atom. The van der Waals surface area contributed by atoms with Crippen LogP contribution in [0.15, 0.2) is 29.3 Å². The zero-order valence-electron chi connectivity index (χ0n) is 5.52. The Morgan fingerprint density at radius 3 is 2.27 bits per heavy atom. The largest absolute Gasteiger partial charge is 0.0843 e. The normalized spacial score (nSPS) is 11.7. The molecule has 0 unspecified atom stereocenters. The first kappa shape index (κ1) is 9.30. The molecule has 0 aromatic heterocycles. The molecule has 0 saturated carbocycles. The molecule has 0 fully saturated rings. The number of halogens is 3. The van der Waals surface area contributed by atoms with Crippen LogP contribution >= 0.6 is 43.5 Å². The van der Waals surface area contributed by atoms with Gasteiger partial charge in [0.1, 0.15) is 0 Å². The minimum Gasteiger partial charge on any atom is -0.0843 e. The highest BCUT2D eigenvalue weighted by atomic mass is 79.9. The molecule has 0 amide bonds. The molecule has 0 bridgehead atoms. The van der Waals surface area contributed by atoms with Crippen molar-refractivity contribution in [2.45, 2.75) is 0 Å². The van der Waals surface area contributed by atoms with Crippen molar-refractivity contribution in [3.63, 3.8) is 0 Å². The molecular weight excluding hydrogens is 291 g/mol. The van der Waals surface area contributed by atoms with Crippen LogP contribution in [0.25, 0.3) is 4.48 Å². The highest BCUT2D eigenvalue weighted by molar-refractivity contribution is 9.16. The molecule has 0 aliphatic carbocycles. The number of hydrogen-bond donors (Lipinski definition) is 0. The van der Waals surface area contributed by atoms with Crippen molar-refractivity contribution < 1.29 is 0 Å². The van der Waals surface area contributed by atoms with Crippen LogP contribution in [0.3, 0.4) is 0 Å². The highest BCUT2D eigenvalue weighted by Gasteiger charge is 1.94. The van der Waals surface area contributed by atoms with E-state index in [0.717, 1.165) is 15.1 Å². The van der Waals surface area contributed by atoms with Crippen molar-refractivity contribution in [2.75, 3.05) is 0 Å². The van der Waals surface area contributed by atoms with Gasteiger partial charge in [0, 0.05) is 9.51 Å². The average Bonchev–Trinajstić information content (AvgIpc) is 2.05. The summed E-state index contributed by atoms with van der Waals surface area (Å²) < 4.78 is 1.01. The van der Waals surface area contributed by atoms with E-state index in [0.29, 0.717) is 0 Å². The third kappa shape index (κ3) is 2.62. The van der Waals surface area contributed by atoms with E-state index in [2.05, 4.69) is 31.9 Å². The van der Waals surface area contributed by atoms with Crippen LogP contribution in [-0.4, -0.2) is 0 Å². The van der Waals surface area contributed by atoms with Crippen LogP contribution in [0, 0.1) is 0 Å². The van der Waals surface area contributed by atoms with Gasteiger partial charge in [-0.05, 0) is 38.6 Å². The van der Waals surface area contributed by atoms with Crippen LogP contribution in [0.1, 0.15) is 5.56 Å². The summed E-state index contributed by atoms with van der Waals surface area (Å²) in [6.07, 6.45) is 0. The molecule has 0 saturated heterocycles. The summed E-state index contributed by atoms with van der Waals surface area (Å²) in [7, 11) is 0. The molecule has 1 aromatic carbocycles. The van der Waals surface area contributed by atoms with Crippen molar-refractivity contribution in [1.29, 1.82) is 0 Å². The molecule has 0 spiro atoms. The van der Waals surface area contributed by atoms with Crippen molar-refractivity contribution >= 4 is 47.9 Å². The van der Waals surface area contributed by atoms with Crippen LogP contribution in [0.2, 0.25) is 5.02 Å². The van der Waals surface area contributed by atoms with Gasteiger partial charge in [0.25, 0.3) is 0 Å². The molecule has 0 aliphatic heterocycles. The second-order valence-corrected chi connectivity index (χ2v) is 3.71. The quantitative estimate of drug-likeness (QED) is 0.719. The maximum Gasteiger partial charge on any atom is 0.0406 e. The van der Waals surface area contributed by atoms with E-state index in [4.69, 9.17) is 11.6 Å². The summed E-state index contributed by atoms with van der Waals surface area (Å²) in [6, 6.07) is 7.61. The van der Waals surface area contributed by atoms with Crippen LogP contribution in [-0.2, 0) is 0 Å². The minimum absolute atomic E-state index is 0.753. The molecule has 1 aromatic rings. The first-order chi connectivity index (χ1) is 5.24. The van der Waals surface area contributed by atoms with E-state index < -0.39 is 0 Å². The van der Waals surface area contributed by atoms with Gasteiger partial charge >= 0.3 is 0 Å². The molecule has 0 nitrogen and oxygen atoms in total. The smallest absolute Gasteiger partial charge is 0.0406 e. The van der Waals surface area contributed by atoms with E-state index in [9.17, 15) is 0 Å². The van der Waals surface area contributed by atoms with Gasteiger partial charge in [-0.2, -0.15) is 0 Å². The van der Waals surface area contributed by atoms with E-state index in [1.54, 1.807) is 0 Å². The Labute approximate surface area is 87.5 Å². The summed E-state index contributed by atoms with van der Waals surface area (Å²) in [6.45, 7) is 0. The molecule has 0 atom stereocenters. The van der Waals surface area contributed by atoms with E-state index in [-0.39, 0.29) is 0 Å². The first-order valence-corrected chi connectivity index (χ1v) is 5.04. The third-order valence-electron chi connectivity index (χ3n) is 1.22. The Morgan fingerprint density at radius 1 is 1.27 bits per heavy atom. The molecule has 58 valence electrons. The lowest BCUT2D eigenvalue weighted by Gasteiger charge is -1.96. The first-order valence-electron chi connectivity index (χ1n) is 2.96. The number of rotatable bonds is 1. The monoisotopic (exact) mass is 294 g/mol. The van der Waals surface area contributed by atoms with Gasteiger partial charge in [0.2, 0.25) is 0 Å². The van der Waals surface area contributed by atoms with Gasteiger partial charge in [-0.1, -0.05) is 39.7 Å². The van der Waals surface area contributed by atoms with Crippen LogP contribution in [0.4, 0.5) is 0 Å². The average molecular weight is 296 g/mol. The van der Waals surface area contributed by atoms with E-state index in [1.807, 2.05) is 29.3 Å². The van der Waals surface area contributed by atoms with Crippen molar-refractivity contribution in [3.05, 3.63) is 39.8 Å². The minimum atomic E-state index is 0.753. The fourth-order valence-electron chi connectivity index (χ4n) is 0.672. The molecule has 0 N–H and O–H groups in total. The molecule has 3 heteroatoms. The number of hydrogen-bond acceptors (Lipinski definition) is 0. The van der Waals surface area contributed by atoms with Crippen molar-refractivity contribution in [2.24, 2.45) is 0 Å². The lowest BCUT2D eigenvalue weighted by atomic mass is 10.2. The van der Waals surface area contributed by atoms with Crippen LogP contribution < -0.4 is 0 Å². The Bertz CT molecular complexity index is 264.